The van der Waals surface area contributed by atoms with Crippen LogP contribution in [0.1, 0.15) is 0 Å². The van der Waals surface area contributed by atoms with Crippen molar-refractivity contribution >= 4 is 37.3 Å². The number of aryl methyl sites for hydroxylation is 2. The fraction of sp³-hybridized carbons (Fsp3) is 0.133. The minimum Gasteiger partial charge on any atom is -0.275 e. The number of thiophene rings is 1. The highest BCUT2D eigenvalue weighted by Gasteiger charge is 2.26. The molecule has 4 aromatic heterocycles. The standard InChI is InChI=1S/C15H13BrN6O2S2/c1-20-8-10(6-17-20)12-5-13(11-7-18-21(2)9-11)22(19-12)26(23,24)15-4-3-14(16)25-15/h3-9H,1-2H3. The Morgan fingerprint density at radius 3 is 2.23 bits per heavy atom. The molecule has 0 bridgehead atoms. The summed E-state index contributed by atoms with van der Waals surface area (Å²) in [7, 11) is -0.269. The minimum atomic E-state index is -3.84. The van der Waals surface area contributed by atoms with Crippen molar-refractivity contribution < 1.29 is 8.42 Å². The van der Waals surface area contributed by atoms with E-state index in [-0.39, 0.29) is 4.21 Å². The summed E-state index contributed by atoms with van der Waals surface area (Å²) in [6.45, 7) is 0. The first-order valence-electron chi connectivity index (χ1n) is 7.43. The lowest BCUT2D eigenvalue weighted by Gasteiger charge is -2.05. The molecule has 0 saturated carbocycles. The van der Waals surface area contributed by atoms with Gasteiger partial charge in [-0.1, -0.05) is 0 Å². The third-order valence-electron chi connectivity index (χ3n) is 3.71. The van der Waals surface area contributed by atoms with Gasteiger partial charge in [0.1, 0.15) is 4.21 Å². The highest BCUT2D eigenvalue weighted by Crippen LogP contribution is 2.32. The first-order chi connectivity index (χ1) is 12.3. The Kier molecular flexibility index (Phi) is 4.09. The van der Waals surface area contributed by atoms with Gasteiger partial charge in [-0.3, -0.25) is 9.36 Å². The van der Waals surface area contributed by atoms with Crippen LogP contribution in [0.15, 0.2) is 51.0 Å². The van der Waals surface area contributed by atoms with Crippen molar-refractivity contribution in [2.45, 2.75) is 4.21 Å². The number of rotatable bonds is 4. The number of nitrogens with zero attached hydrogens (tertiary/aromatic N) is 6. The van der Waals surface area contributed by atoms with E-state index in [1.54, 1.807) is 66.4 Å². The fourth-order valence-corrected chi connectivity index (χ4v) is 5.88. The van der Waals surface area contributed by atoms with Crippen LogP contribution in [0, 0.1) is 0 Å². The SMILES string of the molecule is Cn1cc(-c2cc(-c3cnn(C)c3)n(S(=O)(=O)c3ccc(Br)s3)n2)cn1. The van der Waals surface area contributed by atoms with Crippen LogP contribution < -0.4 is 0 Å². The molecule has 11 heteroatoms. The second kappa shape index (κ2) is 6.18. The smallest absolute Gasteiger partial charge is 0.275 e. The number of aromatic nitrogens is 6. The van der Waals surface area contributed by atoms with Gasteiger partial charge in [-0.2, -0.15) is 27.8 Å². The average Bonchev–Trinajstić information content (AvgIpc) is 3.32. The van der Waals surface area contributed by atoms with Crippen LogP contribution in [-0.4, -0.2) is 37.2 Å². The molecule has 0 unspecified atom stereocenters. The molecular weight excluding hydrogens is 440 g/mol. The zero-order valence-corrected chi connectivity index (χ0v) is 17.0. The van der Waals surface area contributed by atoms with E-state index in [0.29, 0.717) is 17.0 Å². The molecule has 4 rings (SSSR count). The maximum atomic E-state index is 13.1. The Morgan fingerprint density at radius 2 is 1.69 bits per heavy atom. The predicted octanol–water partition coefficient (Wildman–Crippen LogP) is 2.75. The van der Waals surface area contributed by atoms with Crippen molar-refractivity contribution in [3.05, 3.63) is 46.8 Å². The Labute approximate surface area is 161 Å². The van der Waals surface area contributed by atoms with E-state index in [4.69, 9.17) is 0 Å². The van der Waals surface area contributed by atoms with E-state index in [9.17, 15) is 8.42 Å². The highest BCUT2D eigenvalue weighted by atomic mass is 79.9. The zero-order valence-electron chi connectivity index (χ0n) is 13.7. The molecule has 0 atom stereocenters. The molecule has 0 aliphatic carbocycles. The first-order valence-corrected chi connectivity index (χ1v) is 10.5. The molecule has 0 spiro atoms. The number of halogens is 1. The van der Waals surface area contributed by atoms with Gasteiger partial charge in [0.2, 0.25) is 0 Å². The maximum absolute atomic E-state index is 13.1. The van der Waals surface area contributed by atoms with Crippen molar-refractivity contribution in [2.75, 3.05) is 0 Å². The Hall–Kier alpha value is -2.24. The van der Waals surface area contributed by atoms with Gasteiger partial charge in [0.05, 0.1) is 27.6 Å². The summed E-state index contributed by atoms with van der Waals surface area (Å²) in [5.74, 6) is 0. The van der Waals surface area contributed by atoms with Gasteiger partial charge in [-0.25, -0.2) is 0 Å². The summed E-state index contributed by atoms with van der Waals surface area (Å²) in [5, 5.41) is 12.6. The summed E-state index contributed by atoms with van der Waals surface area (Å²) in [4.78, 5) is 0. The highest BCUT2D eigenvalue weighted by molar-refractivity contribution is 9.11. The van der Waals surface area contributed by atoms with Crippen LogP contribution in [0.4, 0.5) is 0 Å². The molecule has 0 saturated heterocycles. The third kappa shape index (κ3) is 2.91. The molecule has 0 fully saturated rings. The molecule has 0 N–H and O–H groups in total. The van der Waals surface area contributed by atoms with Crippen molar-refractivity contribution in [3.63, 3.8) is 0 Å². The lowest BCUT2D eigenvalue weighted by molar-refractivity contribution is 0.583. The van der Waals surface area contributed by atoms with E-state index in [2.05, 4.69) is 31.2 Å². The monoisotopic (exact) mass is 452 g/mol. The van der Waals surface area contributed by atoms with Gasteiger partial charge in [0.15, 0.2) is 0 Å². The average molecular weight is 453 g/mol. The van der Waals surface area contributed by atoms with Crippen molar-refractivity contribution in [3.8, 4) is 22.5 Å². The number of hydrogen-bond acceptors (Lipinski definition) is 6. The topological polar surface area (TPSA) is 87.6 Å². The van der Waals surface area contributed by atoms with Crippen LogP contribution in [-0.2, 0) is 24.1 Å². The van der Waals surface area contributed by atoms with Gasteiger partial charge in [0.25, 0.3) is 10.0 Å². The van der Waals surface area contributed by atoms with Crippen LogP contribution in [0.25, 0.3) is 22.5 Å². The summed E-state index contributed by atoms with van der Waals surface area (Å²) < 4.78 is 31.5. The molecule has 8 nitrogen and oxygen atoms in total. The molecular formula is C15H13BrN6O2S2. The van der Waals surface area contributed by atoms with Crippen molar-refractivity contribution in [2.24, 2.45) is 14.1 Å². The summed E-state index contributed by atoms with van der Waals surface area (Å²) in [5.41, 5.74) is 2.37. The molecule has 26 heavy (non-hydrogen) atoms. The molecule has 134 valence electrons. The van der Waals surface area contributed by atoms with E-state index in [0.717, 1.165) is 24.8 Å². The van der Waals surface area contributed by atoms with E-state index >= 15 is 0 Å². The Bertz CT molecular complexity index is 1200. The largest absolute Gasteiger partial charge is 0.293 e. The normalized spacial score (nSPS) is 12.0. The quantitative estimate of drug-likeness (QED) is 0.474. The molecule has 0 aliphatic heterocycles. The molecule has 0 aliphatic rings. The molecule has 4 heterocycles. The maximum Gasteiger partial charge on any atom is 0.293 e. The molecule has 0 aromatic carbocycles. The zero-order chi connectivity index (χ0) is 18.5. The Balaban J connectivity index is 1.93. The summed E-state index contributed by atoms with van der Waals surface area (Å²) in [6, 6.07) is 4.99. The van der Waals surface area contributed by atoms with Crippen molar-refractivity contribution in [1.29, 1.82) is 0 Å². The van der Waals surface area contributed by atoms with Gasteiger partial charge >= 0.3 is 0 Å². The molecule has 0 radical (unpaired) electrons. The second-order valence-electron chi connectivity index (χ2n) is 5.63. The second-order valence-corrected chi connectivity index (χ2v) is 10.1. The lowest BCUT2D eigenvalue weighted by atomic mass is 10.2. The van der Waals surface area contributed by atoms with Crippen LogP contribution >= 0.6 is 27.3 Å². The summed E-state index contributed by atoms with van der Waals surface area (Å²) >= 11 is 4.45. The molecule has 4 aromatic rings. The third-order valence-corrected chi connectivity index (χ3v) is 7.39. The number of hydrogen-bond donors (Lipinski definition) is 0. The fourth-order valence-electron chi connectivity index (χ4n) is 2.51. The van der Waals surface area contributed by atoms with E-state index in [1.807, 2.05) is 0 Å². The van der Waals surface area contributed by atoms with Gasteiger partial charge in [-0.15, -0.1) is 11.3 Å². The van der Waals surface area contributed by atoms with Crippen LogP contribution in [0.3, 0.4) is 0 Å². The Morgan fingerprint density at radius 1 is 1.04 bits per heavy atom. The molecule has 0 amide bonds. The predicted molar refractivity (Wildman–Crippen MR) is 101 cm³/mol. The summed E-state index contributed by atoms with van der Waals surface area (Å²) in [6.07, 6.45) is 6.79. The van der Waals surface area contributed by atoms with Gasteiger partial charge in [0, 0.05) is 37.6 Å². The van der Waals surface area contributed by atoms with E-state index in [1.165, 1.54) is 0 Å². The van der Waals surface area contributed by atoms with Crippen LogP contribution in [0.2, 0.25) is 0 Å². The van der Waals surface area contributed by atoms with Gasteiger partial charge in [-0.05, 0) is 34.1 Å². The van der Waals surface area contributed by atoms with Gasteiger partial charge < -0.3 is 0 Å². The van der Waals surface area contributed by atoms with Crippen molar-refractivity contribution in [1.82, 2.24) is 28.7 Å². The minimum absolute atomic E-state index is 0.204. The first kappa shape index (κ1) is 17.2. The lowest BCUT2D eigenvalue weighted by Crippen LogP contribution is -2.14. The van der Waals surface area contributed by atoms with E-state index < -0.39 is 10.0 Å². The van der Waals surface area contributed by atoms with Crippen LogP contribution in [0.5, 0.6) is 0 Å².